The Morgan fingerprint density at radius 2 is 1.96 bits per heavy atom. The van der Waals surface area contributed by atoms with Gasteiger partial charge in [-0.1, -0.05) is 17.7 Å². The zero-order valence-electron chi connectivity index (χ0n) is 15.8. The molecule has 0 bridgehead atoms. The third-order valence-corrected chi connectivity index (χ3v) is 5.06. The maximum atomic E-state index is 12.2. The number of benzene rings is 2. The molecule has 7 heteroatoms. The van der Waals surface area contributed by atoms with Crippen molar-refractivity contribution < 1.29 is 14.3 Å². The fraction of sp³-hybridized carbons (Fsp3) is 0.333. The number of rotatable bonds is 7. The van der Waals surface area contributed by atoms with E-state index in [0.717, 1.165) is 30.7 Å². The molecule has 3 N–H and O–H groups in total. The first-order valence-electron chi connectivity index (χ1n) is 9.31. The van der Waals surface area contributed by atoms with Crippen molar-refractivity contribution in [1.29, 1.82) is 0 Å². The highest BCUT2D eigenvalue weighted by molar-refractivity contribution is 6.31. The number of ether oxygens (including phenoxy) is 1. The lowest BCUT2D eigenvalue weighted by Crippen LogP contribution is -2.31. The van der Waals surface area contributed by atoms with Crippen molar-refractivity contribution in [3.05, 3.63) is 58.6 Å². The van der Waals surface area contributed by atoms with Crippen LogP contribution in [-0.2, 0) is 9.53 Å². The molecule has 2 aromatic carbocycles. The lowest BCUT2D eigenvalue weighted by molar-refractivity contribution is -0.114. The van der Waals surface area contributed by atoms with Gasteiger partial charge in [-0.25, -0.2) is 0 Å². The number of halogens is 1. The molecular weight excluding hydrogens is 378 g/mol. The molecule has 1 heterocycles. The average Bonchev–Trinajstić information content (AvgIpc) is 3.21. The van der Waals surface area contributed by atoms with Crippen molar-refractivity contribution in [2.45, 2.75) is 25.9 Å². The lowest BCUT2D eigenvalue weighted by Gasteiger charge is -2.12. The molecule has 28 heavy (non-hydrogen) atoms. The van der Waals surface area contributed by atoms with Crippen molar-refractivity contribution in [3.63, 3.8) is 0 Å². The number of nitrogens with one attached hydrogen (secondary N) is 3. The Bertz CT molecular complexity index is 833. The maximum Gasteiger partial charge on any atom is 0.251 e. The van der Waals surface area contributed by atoms with Gasteiger partial charge >= 0.3 is 0 Å². The first-order chi connectivity index (χ1) is 13.5. The molecule has 1 saturated heterocycles. The van der Waals surface area contributed by atoms with Crippen molar-refractivity contribution in [2.24, 2.45) is 0 Å². The predicted octanol–water partition coefficient (Wildman–Crippen LogP) is 3.61. The monoisotopic (exact) mass is 401 g/mol. The van der Waals surface area contributed by atoms with Crippen LogP contribution in [0.15, 0.2) is 42.5 Å². The van der Waals surface area contributed by atoms with Gasteiger partial charge in [0.05, 0.1) is 12.6 Å². The summed E-state index contributed by atoms with van der Waals surface area (Å²) < 4.78 is 5.50. The van der Waals surface area contributed by atoms with Gasteiger partial charge in [-0.2, -0.15) is 0 Å². The summed E-state index contributed by atoms with van der Waals surface area (Å²) in [6, 6.07) is 12.3. The summed E-state index contributed by atoms with van der Waals surface area (Å²) in [5.74, 6) is -0.332. The predicted molar refractivity (Wildman–Crippen MR) is 111 cm³/mol. The van der Waals surface area contributed by atoms with Gasteiger partial charge in [0.15, 0.2) is 0 Å². The molecule has 0 spiro atoms. The minimum Gasteiger partial charge on any atom is -0.376 e. The highest BCUT2D eigenvalue weighted by Crippen LogP contribution is 2.22. The SMILES string of the molecule is Cc1c(Cl)cccc1NCC(=O)Nc1ccc(C(=O)NCC2CCCO2)cc1. The Kier molecular flexibility index (Phi) is 6.90. The summed E-state index contributed by atoms with van der Waals surface area (Å²) in [6.07, 6.45) is 2.13. The second kappa shape index (κ2) is 9.57. The largest absolute Gasteiger partial charge is 0.376 e. The van der Waals surface area contributed by atoms with Gasteiger partial charge < -0.3 is 20.7 Å². The second-order valence-corrected chi connectivity index (χ2v) is 7.14. The summed E-state index contributed by atoms with van der Waals surface area (Å²) in [7, 11) is 0. The van der Waals surface area contributed by atoms with Gasteiger partial charge in [-0.05, 0) is 61.7 Å². The number of anilines is 2. The summed E-state index contributed by atoms with van der Waals surface area (Å²) in [4.78, 5) is 24.3. The van der Waals surface area contributed by atoms with E-state index in [2.05, 4.69) is 16.0 Å². The van der Waals surface area contributed by atoms with Crippen molar-refractivity contribution in [1.82, 2.24) is 5.32 Å². The van der Waals surface area contributed by atoms with E-state index < -0.39 is 0 Å². The summed E-state index contributed by atoms with van der Waals surface area (Å²) in [5.41, 5.74) is 2.89. The van der Waals surface area contributed by atoms with Crippen LogP contribution in [-0.4, -0.2) is 37.6 Å². The summed E-state index contributed by atoms with van der Waals surface area (Å²) in [6.45, 7) is 3.29. The molecule has 0 saturated carbocycles. The Hall–Kier alpha value is -2.57. The van der Waals surface area contributed by atoms with E-state index in [-0.39, 0.29) is 24.5 Å². The molecule has 6 nitrogen and oxygen atoms in total. The molecule has 0 aromatic heterocycles. The number of hydrogen-bond acceptors (Lipinski definition) is 4. The van der Waals surface area contributed by atoms with Gasteiger partial charge in [0.2, 0.25) is 5.91 Å². The van der Waals surface area contributed by atoms with Crippen molar-refractivity contribution in [2.75, 3.05) is 30.3 Å². The quantitative estimate of drug-likeness (QED) is 0.662. The average molecular weight is 402 g/mol. The third kappa shape index (κ3) is 5.47. The van der Waals surface area contributed by atoms with Gasteiger partial charge in [0, 0.05) is 35.1 Å². The smallest absolute Gasteiger partial charge is 0.251 e. The zero-order valence-corrected chi connectivity index (χ0v) is 16.5. The van der Waals surface area contributed by atoms with Gasteiger partial charge in [-0.3, -0.25) is 9.59 Å². The highest BCUT2D eigenvalue weighted by Gasteiger charge is 2.16. The molecule has 2 aromatic rings. The normalized spacial score (nSPS) is 15.9. The second-order valence-electron chi connectivity index (χ2n) is 6.74. The first-order valence-corrected chi connectivity index (χ1v) is 9.69. The molecular formula is C21H24ClN3O3. The number of hydrogen-bond donors (Lipinski definition) is 3. The third-order valence-electron chi connectivity index (χ3n) is 4.65. The van der Waals surface area contributed by atoms with E-state index in [0.29, 0.717) is 22.8 Å². The molecule has 2 amide bonds. The minimum atomic E-state index is -0.185. The van der Waals surface area contributed by atoms with E-state index >= 15 is 0 Å². The number of amides is 2. The molecule has 1 aliphatic rings. The van der Waals surface area contributed by atoms with Crippen LogP contribution >= 0.6 is 11.6 Å². The molecule has 148 valence electrons. The lowest BCUT2D eigenvalue weighted by atomic mass is 10.2. The topological polar surface area (TPSA) is 79.5 Å². The minimum absolute atomic E-state index is 0.109. The van der Waals surface area contributed by atoms with E-state index in [1.165, 1.54) is 0 Å². The molecule has 1 atom stereocenters. The molecule has 0 aliphatic carbocycles. The van der Waals surface area contributed by atoms with Crippen molar-refractivity contribution >= 4 is 34.8 Å². The van der Waals surface area contributed by atoms with Gasteiger partial charge in [0.25, 0.3) is 5.91 Å². The van der Waals surface area contributed by atoms with Crippen LogP contribution in [0.2, 0.25) is 5.02 Å². The summed E-state index contributed by atoms with van der Waals surface area (Å²) >= 11 is 6.08. The molecule has 3 rings (SSSR count). The van der Waals surface area contributed by atoms with E-state index in [1.54, 1.807) is 30.3 Å². The van der Waals surface area contributed by atoms with Crippen LogP contribution in [0.25, 0.3) is 0 Å². The number of carbonyl (C=O) groups excluding carboxylic acids is 2. The fourth-order valence-corrected chi connectivity index (χ4v) is 3.17. The molecule has 1 aliphatic heterocycles. The Morgan fingerprint density at radius 3 is 2.68 bits per heavy atom. The van der Waals surface area contributed by atoms with Gasteiger partial charge in [0.1, 0.15) is 0 Å². The van der Waals surface area contributed by atoms with Crippen LogP contribution in [0.5, 0.6) is 0 Å². The first kappa shape index (κ1) is 20.2. The van der Waals surface area contributed by atoms with Crippen LogP contribution in [0.4, 0.5) is 11.4 Å². The van der Waals surface area contributed by atoms with Crippen LogP contribution in [0.3, 0.4) is 0 Å². The van der Waals surface area contributed by atoms with Crippen LogP contribution in [0, 0.1) is 6.92 Å². The highest BCUT2D eigenvalue weighted by atomic mass is 35.5. The summed E-state index contributed by atoms with van der Waals surface area (Å²) in [5, 5.41) is 9.41. The molecule has 0 radical (unpaired) electrons. The molecule has 1 fully saturated rings. The fourth-order valence-electron chi connectivity index (χ4n) is 3.00. The van der Waals surface area contributed by atoms with Gasteiger partial charge in [-0.15, -0.1) is 0 Å². The Labute approximate surface area is 169 Å². The van der Waals surface area contributed by atoms with E-state index in [9.17, 15) is 9.59 Å². The Morgan fingerprint density at radius 1 is 1.18 bits per heavy atom. The van der Waals surface area contributed by atoms with E-state index in [1.807, 2.05) is 19.1 Å². The molecule has 1 unspecified atom stereocenters. The zero-order chi connectivity index (χ0) is 19.9. The van der Waals surface area contributed by atoms with E-state index in [4.69, 9.17) is 16.3 Å². The van der Waals surface area contributed by atoms with Crippen LogP contribution in [0.1, 0.15) is 28.8 Å². The maximum absolute atomic E-state index is 12.2. The van der Waals surface area contributed by atoms with Crippen LogP contribution < -0.4 is 16.0 Å². The number of carbonyl (C=O) groups is 2. The standard InChI is InChI=1S/C21H24ClN3O3/c1-14-18(22)5-2-6-19(14)23-13-20(26)25-16-9-7-15(8-10-16)21(27)24-12-17-4-3-11-28-17/h2,5-10,17,23H,3-4,11-13H2,1H3,(H,24,27)(H,25,26). The Balaban J connectivity index is 1.47. The van der Waals surface area contributed by atoms with Crippen molar-refractivity contribution in [3.8, 4) is 0 Å².